The second-order valence-corrected chi connectivity index (χ2v) is 8.19. The third-order valence-electron chi connectivity index (χ3n) is 6.01. The van der Waals surface area contributed by atoms with E-state index in [4.69, 9.17) is 4.99 Å². The Morgan fingerprint density at radius 3 is 2.53 bits per heavy atom. The van der Waals surface area contributed by atoms with Crippen molar-refractivity contribution in [2.24, 2.45) is 4.99 Å². The first-order valence-corrected chi connectivity index (χ1v) is 10.7. The second-order valence-electron chi connectivity index (χ2n) is 8.19. The molecule has 5 nitrogen and oxygen atoms in total. The predicted octanol–water partition coefficient (Wildman–Crippen LogP) is 4.22. The van der Waals surface area contributed by atoms with Crippen LogP contribution in [0.2, 0.25) is 0 Å². The van der Waals surface area contributed by atoms with Crippen LogP contribution >= 0.6 is 0 Å². The van der Waals surface area contributed by atoms with Gasteiger partial charge in [0, 0.05) is 23.0 Å². The molecule has 2 aromatic carbocycles. The first-order chi connectivity index (χ1) is 14.5. The lowest BCUT2D eigenvalue weighted by Gasteiger charge is -2.20. The summed E-state index contributed by atoms with van der Waals surface area (Å²) in [5, 5.41) is 12.5. The summed E-state index contributed by atoms with van der Waals surface area (Å²) in [4.78, 5) is 20.4. The third kappa shape index (κ3) is 3.77. The summed E-state index contributed by atoms with van der Waals surface area (Å²) in [7, 11) is 0. The fraction of sp³-hybridized carbons (Fsp3) is 0.360. The number of hydrogen-bond acceptors (Lipinski definition) is 4. The van der Waals surface area contributed by atoms with Gasteiger partial charge in [0.05, 0.1) is 17.8 Å². The fourth-order valence-corrected chi connectivity index (χ4v) is 4.59. The number of hydrogen-bond donors (Lipinski definition) is 1. The van der Waals surface area contributed by atoms with Crippen LogP contribution in [0.3, 0.4) is 0 Å². The molecule has 1 aromatic heterocycles. The van der Waals surface area contributed by atoms with E-state index in [9.17, 15) is 9.90 Å². The van der Waals surface area contributed by atoms with Gasteiger partial charge in [-0.15, -0.1) is 0 Å². The van der Waals surface area contributed by atoms with E-state index in [1.165, 1.54) is 11.0 Å². The summed E-state index contributed by atoms with van der Waals surface area (Å²) < 4.78 is 1.40. The fourth-order valence-electron chi connectivity index (χ4n) is 4.59. The van der Waals surface area contributed by atoms with E-state index in [1.54, 1.807) is 6.21 Å². The van der Waals surface area contributed by atoms with Crippen LogP contribution in [0, 0.1) is 13.8 Å². The number of aromatic hydroxyl groups is 1. The summed E-state index contributed by atoms with van der Waals surface area (Å²) in [5.41, 5.74) is 3.12. The summed E-state index contributed by atoms with van der Waals surface area (Å²) >= 11 is 0. The largest absolute Gasteiger partial charge is 0.494 e. The molecule has 1 atom stereocenters. The summed E-state index contributed by atoms with van der Waals surface area (Å²) in [6, 6.07) is 13.8. The summed E-state index contributed by atoms with van der Waals surface area (Å²) in [5.74, 6) is -0.0637. The first kappa shape index (κ1) is 20.4. The van der Waals surface area contributed by atoms with Gasteiger partial charge in [-0.05, 0) is 69.1 Å². The number of fused-ring (bicyclic) bond motifs is 1. The zero-order valence-corrected chi connectivity index (χ0v) is 17.9. The average molecular weight is 404 g/mol. The van der Waals surface area contributed by atoms with Crippen molar-refractivity contribution in [1.82, 2.24) is 9.47 Å². The molecule has 1 aliphatic rings. The van der Waals surface area contributed by atoms with Gasteiger partial charge in [0.2, 0.25) is 5.88 Å². The topological polar surface area (TPSA) is 57.8 Å². The van der Waals surface area contributed by atoms with Crippen LogP contribution in [0.4, 0.5) is 0 Å². The van der Waals surface area contributed by atoms with E-state index in [-0.39, 0.29) is 11.4 Å². The van der Waals surface area contributed by atoms with Crippen molar-refractivity contribution < 1.29 is 5.11 Å². The minimum atomic E-state index is -0.224. The van der Waals surface area contributed by atoms with E-state index in [2.05, 4.69) is 17.9 Å². The van der Waals surface area contributed by atoms with Crippen molar-refractivity contribution in [2.75, 3.05) is 19.6 Å². The Labute approximate surface area is 177 Å². The van der Waals surface area contributed by atoms with E-state index in [0.29, 0.717) is 29.2 Å². The highest BCUT2D eigenvalue weighted by Gasteiger charge is 2.22. The van der Waals surface area contributed by atoms with Gasteiger partial charge in [0.25, 0.3) is 5.56 Å². The lowest BCUT2D eigenvalue weighted by atomic mass is 10.1. The zero-order valence-electron chi connectivity index (χ0n) is 17.9. The van der Waals surface area contributed by atoms with Gasteiger partial charge in [-0.2, -0.15) is 0 Å². The first-order valence-electron chi connectivity index (χ1n) is 10.7. The van der Waals surface area contributed by atoms with Crippen LogP contribution in [0.1, 0.15) is 36.5 Å². The van der Waals surface area contributed by atoms with Crippen molar-refractivity contribution in [3.05, 3.63) is 69.5 Å². The highest BCUT2D eigenvalue weighted by atomic mass is 16.3. The minimum absolute atomic E-state index is 0.0637. The Kier molecular flexibility index (Phi) is 5.73. The molecule has 1 fully saturated rings. The molecule has 0 radical (unpaired) electrons. The highest BCUT2D eigenvalue weighted by molar-refractivity contribution is 6.01. The monoisotopic (exact) mass is 403 g/mol. The van der Waals surface area contributed by atoms with Gasteiger partial charge in [-0.25, -0.2) is 4.57 Å². The van der Waals surface area contributed by atoms with Gasteiger partial charge >= 0.3 is 0 Å². The molecule has 0 bridgehead atoms. The molecule has 1 saturated heterocycles. The number of likely N-dealkylation sites (tertiary alicyclic amines) is 1. The van der Waals surface area contributed by atoms with Crippen LogP contribution in [-0.2, 0) is 0 Å². The lowest BCUT2D eigenvalue weighted by molar-refractivity contribution is 0.273. The maximum Gasteiger partial charge on any atom is 0.265 e. The van der Waals surface area contributed by atoms with Gasteiger partial charge in [-0.1, -0.05) is 31.2 Å². The minimum Gasteiger partial charge on any atom is -0.494 e. The van der Waals surface area contributed by atoms with Crippen LogP contribution in [0.5, 0.6) is 5.88 Å². The number of rotatable bonds is 5. The lowest BCUT2D eigenvalue weighted by Crippen LogP contribution is -2.31. The van der Waals surface area contributed by atoms with Crippen molar-refractivity contribution in [3.8, 4) is 11.6 Å². The predicted molar refractivity (Wildman–Crippen MR) is 123 cm³/mol. The molecule has 4 rings (SSSR count). The Balaban J connectivity index is 1.83. The van der Waals surface area contributed by atoms with E-state index >= 15 is 0 Å². The molecule has 0 unspecified atom stereocenters. The number of benzene rings is 2. The van der Waals surface area contributed by atoms with Gasteiger partial charge in [-0.3, -0.25) is 14.7 Å². The molecule has 2 heterocycles. The molecular formula is C25H29N3O2. The molecule has 156 valence electrons. The molecule has 0 amide bonds. The van der Waals surface area contributed by atoms with Gasteiger partial charge < -0.3 is 5.11 Å². The number of nitrogens with zero attached hydrogens (tertiary/aromatic N) is 3. The molecule has 30 heavy (non-hydrogen) atoms. The van der Waals surface area contributed by atoms with Crippen LogP contribution in [0.15, 0.2) is 52.3 Å². The molecule has 5 heteroatoms. The third-order valence-corrected chi connectivity index (χ3v) is 6.01. The average Bonchev–Trinajstić information content (AvgIpc) is 3.17. The highest BCUT2D eigenvalue weighted by Crippen LogP contribution is 2.27. The molecule has 3 aromatic rings. The number of aryl methyl sites for hydroxylation is 2. The zero-order chi connectivity index (χ0) is 21.3. The smallest absolute Gasteiger partial charge is 0.265 e. The molecule has 0 saturated carbocycles. The SMILES string of the molecule is CCN1CCC[C@H]1CN=Cc1c(O)n(-c2cc(C)cc(C)c2)c(=O)c2ccccc12. The van der Waals surface area contributed by atoms with Crippen molar-refractivity contribution in [2.45, 2.75) is 39.7 Å². The summed E-state index contributed by atoms with van der Waals surface area (Å²) in [6.45, 7) is 9.02. The number of aliphatic imine (C=N–C) groups is 1. The van der Waals surface area contributed by atoms with Crippen molar-refractivity contribution in [1.29, 1.82) is 0 Å². The number of aromatic nitrogens is 1. The standard InChI is InChI=1S/C25H29N3O2/c1-4-27-11-7-8-19(27)15-26-16-23-21-9-5-6-10-22(21)24(29)28(25(23)30)20-13-17(2)12-18(3)14-20/h5-6,9-10,12-14,16,19,30H,4,7-8,11,15H2,1-3H3/t19-/m0/s1. The maximum absolute atomic E-state index is 13.2. The Hall–Kier alpha value is -2.92. The van der Waals surface area contributed by atoms with Crippen LogP contribution in [-0.4, -0.2) is 46.5 Å². The maximum atomic E-state index is 13.2. The van der Waals surface area contributed by atoms with Crippen LogP contribution in [0.25, 0.3) is 16.5 Å². The molecule has 1 N–H and O–H groups in total. The van der Waals surface area contributed by atoms with Gasteiger partial charge in [0.15, 0.2) is 0 Å². The van der Waals surface area contributed by atoms with Crippen LogP contribution < -0.4 is 5.56 Å². The Bertz CT molecular complexity index is 1140. The quantitative estimate of drug-likeness (QED) is 0.649. The number of likely N-dealkylation sites (N-methyl/N-ethyl adjacent to an activating group) is 1. The molecule has 0 spiro atoms. The van der Waals surface area contributed by atoms with Crippen molar-refractivity contribution >= 4 is 17.0 Å². The van der Waals surface area contributed by atoms with E-state index < -0.39 is 0 Å². The second kappa shape index (κ2) is 8.44. The normalized spacial score (nSPS) is 17.4. The summed E-state index contributed by atoms with van der Waals surface area (Å²) in [6.07, 6.45) is 4.10. The van der Waals surface area contributed by atoms with E-state index in [0.717, 1.165) is 36.0 Å². The Morgan fingerprint density at radius 1 is 1.13 bits per heavy atom. The Morgan fingerprint density at radius 2 is 1.83 bits per heavy atom. The molecule has 0 aliphatic carbocycles. The molecular weight excluding hydrogens is 374 g/mol. The number of pyridine rings is 1. The van der Waals surface area contributed by atoms with Gasteiger partial charge in [0.1, 0.15) is 0 Å². The van der Waals surface area contributed by atoms with E-state index in [1.807, 2.05) is 50.2 Å². The van der Waals surface area contributed by atoms with Crippen molar-refractivity contribution in [3.63, 3.8) is 0 Å². The molecule has 1 aliphatic heterocycles.